The zero-order valence-electron chi connectivity index (χ0n) is 17.4. The summed E-state index contributed by atoms with van der Waals surface area (Å²) in [5.74, 6) is 0.755. The average Bonchev–Trinajstić information content (AvgIpc) is 2.72. The maximum Gasteiger partial charge on any atom is 0.227 e. The molecule has 2 aromatic carbocycles. The van der Waals surface area contributed by atoms with E-state index >= 15 is 0 Å². The Labute approximate surface area is 173 Å². The molecule has 0 bridgehead atoms. The topological polar surface area (TPSA) is 32.8 Å². The van der Waals surface area contributed by atoms with Crippen LogP contribution in [0.1, 0.15) is 30.9 Å². The van der Waals surface area contributed by atoms with Crippen molar-refractivity contribution in [1.82, 2.24) is 9.80 Å². The van der Waals surface area contributed by atoms with Crippen LogP contribution in [0.2, 0.25) is 0 Å². The highest BCUT2D eigenvalue weighted by molar-refractivity contribution is 5.79. The lowest BCUT2D eigenvalue weighted by atomic mass is 10.0. The number of nitrogens with zero attached hydrogens (tertiary/aromatic N) is 2. The third kappa shape index (κ3) is 6.29. The van der Waals surface area contributed by atoms with Gasteiger partial charge in [-0.3, -0.25) is 4.79 Å². The van der Waals surface area contributed by atoms with Crippen molar-refractivity contribution in [3.63, 3.8) is 0 Å². The van der Waals surface area contributed by atoms with Crippen LogP contribution in [0, 0.1) is 5.82 Å². The van der Waals surface area contributed by atoms with E-state index in [0.29, 0.717) is 19.6 Å². The molecule has 0 aliphatic carbocycles. The Morgan fingerprint density at radius 2 is 1.69 bits per heavy atom. The van der Waals surface area contributed by atoms with Gasteiger partial charge in [-0.2, -0.15) is 0 Å². The molecule has 156 valence electrons. The first kappa shape index (κ1) is 21.3. The van der Waals surface area contributed by atoms with E-state index in [1.807, 2.05) is 36.1 Å². The Kier molecular flexibility index (Phi) is 7.64. The average molecular weight is 399 g/mol. The lowest BCUT2D eigenvalue weighted by Crippen LogP contribution is -2.47. The Morgan fingerprint density at radius 1 is 1.07 bits per heavy atom. The zero-order chi connectivity index (χ0) is 20.6. The van der Waals surface area contributed by atoms with Gasteiger partial charge in [0.15, 0.2) is 0 Å². The molecule has 3 rings (SSSR count). The molecule has 0 saturated carbocycles. The van der Waals surface area contributed by atoms with E-state index in [1.165, 1.54) is 12.1 Å². The van der Waals surface area contributed by atoms with Crippen molar-refractivity contribution in [3.8, 4) is 5.75 Å². The number of carbonyl (C=O) groups excluding carboxylic acids is 1. The minimum atomic E-state index is -0.229. The van der Waals surface area contributed by atoms with Gasteiger partial charge in [-0.05, 0) is 81.7 Å². The van der Waals surface area contributed by atoms with Gasteiger partial charge in [0.1, 0.15) is 11.6 Å². The molecule has 0 radical (unpaired) electrons. The van der Waals surface area contributed by atoms with Crippen molar-refractivity contribution in [3.05, 3.63) is 65.5 Å². The normalized spacial score (nSPS) is 15.3. The van der Waals surface area contributed by atoms with E-state index in [4.69, 9.17) is 4.74 Å². The number of rotatable bonds is 8. The van der Waals surface area contributed by atoms with Crippen LogP contribution in [0.25, 0.3) is 0 Å². The van der Waals surface area contributed by atoms with Gasteiger partial charge in [0.05, 0.1) is 13.0 Å². The SMILES string of the molecule is CCOc1ccc(CC(=O)N(CCc2ccc(F)cc2)C2CCN(C)CC2)cc1. The van der Waals surface area contributed by atoms with Gasteiger partial charge in [0.2, 0.25) is 5.91 Å². The Hall–Kier alpha value is -2.40. The van der Waals surface area contributed by atoms with E-state index in [-0.39, 0.29) is 17.8 Å². The van der Waals surface area contributed by atoms with Gasteiger partial charge in [-0.15, -0.1) is 0 Å². The summed E-state index contributed by atoms with van der Waals surface area (Å²) in [5, 5.41) is 0. The van der Waals surface area contributed by atoms with Crippen molar-refractivity contribution in [2.75, 3.05) is 33.3 Å². The first-order chi connectivity index (χ1) is 14.0. The zero-order valence-corrected chi connectivity index (χ0v) is 17.4. The van der Waals surface area contributed by atoms with Crippen LogP contribution in [-0.2, 0) is 17.6 Å². The highest BCUT2D eigenvalue weighted by atomic mass is 19.1. The Morgan fingerprint density at radius 3 is 2.31 bits per heavy atom. The maximum absolute atomic E-state index is 13.2. The van der Waals surface area contributed by atoms with Crippen LogP contribution >= 0.6 is 0 Å². The summed E-state index contributed by atoms with van der Waals surface area (Å²) in [7, 11) is 2.13. The van der Waals surface area contributed by atoms with E-state index in [0.717, 1.165) is 49.2 Å². The molecule has 0 N–H and O–H groups in total. The number of likely N-dealkylation sites (tertiary alicyclic amines) is 1. The number of benzene rings is 2. The molecule has 0 unspecified atom stereocenters. The molecule has 4 nitrogen and oxygen atoms in total. The standard InChI is InChI=1S/C24H31FN2O2/c1-3-29-23-10-6-20(7-11-23)18-24(28)27(22-13-15-26(2)16-14-22)17-12-19-4-8-21(25)9-5-19/h4-11,22H,3,12-18H2,1-2H3. The molecule has 1 saturated heterocycles. The lowest BCUT2D eigenvalue weighted by molar-refractivity contribution is -0.133. The second-order valence-corrected chi connectivity index (χ2v) is 7.75. The number of carbonyl (C=O) groups is 1. The summed E-state index contributed by atoms with van der Waals surface area (Å²) in [6.45, 7) is 5.27. The van der Waals surface area contributed by atoms with Gasteiger partial charge in [-0.1, -0.05) is 24.3 Å². The number of halogens is 1. The Balaban J connectivity index is 1.67. The molecule has 0 aromatic heterocycles. The van der Waals surface area contributed by atoms with Gasteiger partial charge < -0.3 is 14.5 Å². The van der Waals surface area contributed by atoms with Crippen molar-refractivity contribution >= 4 is 5.91 Å². The van der Waals surface area contributed by atoms with Gasteiger partial charge >= 0.3 is 0 Å². The number of hydrogen-bond acceptors (Lipinski definition) is 3. The molecule has 29 heavy (non-hydrogen) atoms. The number of ether oxygens (including phenoxy) is 1. The van der Waals surface area contributed by atoms with Gasteiger partial charge in [-0.25, -0.2) is 4.39 Å². The molecule has 1 aliphatic heterocycles. The fraction of sp³-hybridized carbons (Fsp3) is 0.458. The molecule has 2 aromatic rings. The molecular formula is C24H31FN2O2. The minimum absolute atomic E-state index is 0.158. The number of amides is 1. The van der Waals surface area contributed by atoms with Crippen LogP contribution in [0.5, 0.6) is 5.75 Å². The lowest BCUT2D eigenvalue weighted by Gasteiger charge is -2.37. The summed E-state index contributed by atoms with van der Waals surface area (Å²) in [4.78, 5) is 17.6. The molecule has 1 heterocycles. The highest BCUT2D eigenvalue weighted by Gasteiger charge is 2.26. The summed E-state index contributed by atoms with van der Waals surface area (Å²) >= 11 is 0. The Bertz CT molecular complexity index is 768. The number of piperidine rings is 1. The molecular weight excluding hydrogens is 367 g/mol. The molecule has 0 spiro atoms. The predicted molar refractivity (Wildman–Crippen MR) is 114 cm³/mol. The fourth-order valence-corrected chi connectivity index (χ4v) is 3.86. The van der Waals surface area contributed by atoms with Gasteiger partial charge in [0.25, 0.3) is 0 Å². The third-order valence-corrected chi connectivity index (χ3v) is 5.59. The monoisotopic (exact) mass is 398 g/mol. The third-order valence-electron chi connectivity index (χ3n) is 5.59. The maximum atomic E-state index is 13.2. The smallest absolute Gasteiger partial charge is 0.227 e. The summed E-state index contributed by atoms with van der Waals surface area (Å²) in [6, 6.07) is 14.6. The quantitative estimate of drug-likeness (QED) is 0.675. The first-order valence-electron chi connectivity index (χ1n) is 10.5. The van der Waals surface area contributed by atoms with Crippen LogP contribution in [0.3, 0.4) is 0 Å². The second kappa shape index (κ2) is 10.4. The van der Waals surface area contributed by atoms with Gasteiger partial charge in [0, 0.05) is 12.6 Å². The largest absolute Gasteiger partial charge is 0.494 e. The van der Waals surface area contributed by atoms with E-state index < -0.39 is 0 Å². The fourth-order valence-electron chi connectivity index (χ4n) is 3.86. The molecule has 1 fully saturated rings. The van der Waals surface area contributed by atoms with Crippen molar-refractivity contribution < 1.29 is 13.9 Å². The summed E-state index contributed by atoms with van der Waals surface area (Å²) in [6.07, 6.45) is 3.12. The minimum Gasteiger partial charge on any atom is -0.494 e. The van der Waals surface area contributed by atoms with E-state index in [2.05, 4.69) is 11.9 Å². The highest BCUT2D eigenvalue weighted by Crippen LogP contribution is 2.19. The van der Waals surface area contributed by atoms with Crippen molar-refractivity contribution in [2.24, 2.45) is 0 Å². The van der Waals surface area contributed by atoms with E-state index in [9.17, 15) is 9.18 Å². The number of hydrogen-bond donors (Lipinski definition) is 0. The first-order valence-corrected chi connectivity index (χ1v) is 10.5. The molecule has 1 aliphatic rings. The molecule has 0 atom stereocenters. The molecule has 1 amide bonds. The van der Waals surface area contributed by atoms with E-state index in [1.54, 1.807) is 12.1 Å². The van der Waals surface area contributed by atoms with Crippen LogP contribution in [0.15, 0.2) is 48.5 Å². The van der Waals surface area contributed by atoms with Crippen LogP contribution < -0.4 is 4.74 Å². The van der Waals surface area contributed by atoms with Crippen molar-refractivity contribution in [2.45, 2.75) is 38.6 Å². The second-order valence-electron chi connectivity index (χ2n) is 7.75. The van der Waals surface area contributed by atoms with Crippen molar-refractivity contribution in [1.29, 1.82) is 0 Å². The summed E-state index contributed by atoms with van der Waals surface area (Å²) < 4.78 is 18.7. The molecule has 5 heteroatoms. The predicted octanol–water partition coefficient (Wildman–Crippen LogP) is 3.93. The van der Waals surface area contributed by atoms with Crippen LogP contribution in [0.4, 0.5) is 4.39 Å². The summed E-state index contributed by atoms with van der Waals surface area (Å²) in [5.41, 5.74) is 2.05. The van der Waals surface area contributed by atoms with Crippen LogP contribution in [-0.4, -0.2) is 55.0 Å².